The topological polar surface area (TPSA) is 59.8 Å². The number of hydrogen-bond donors (Lipinski definition) is 1. The molecule has 0 saturated carbocycles. The molecule has 1 amide bonds. The second-order valence-corrected chi connectivity index (χ2v) is 8.21. The Labute approximate surface area is 174 Å². The van der Waals surface area contributed by atoms with Crippen LogP contribution in [0.3, 0.4) is 0 Å². The van der Waals surface area contributed by atoms with Gasteiger partial charge in [0, 0.05) is 24.2 Å². The molecule has 28 heavy (non-hydrogen) atoms. The van der Waals surface area contributed by atoms with Crippen LogP contribution in [0, 0.1) is 0 Å². The molecule has 1 N–H and O–H groups in total. The number of nitrogens with one attached hydrogen (secondary N) is 1. The highest BCUT2D eigenvalue weighted by Crippen LogP contribution is 2.24. The number of hydrogen-bond acceptors (Lipinski definition) is 4. The molecule has 0 bridgehead atoms. The average molecular weight is 415 g/mol. The van der Waals surface area contributed by atoms with Crippen molar-refractivity contribution in [3.63, 3.8) is 0 Å². The largest absolute Gasteiger partial charge is 0.351 e. The number of halogens is 1. The van der Waals surface area contributed by atoms with Gasteiger partial charge < -0.3 is 9.88 Å². The Balaban J connectivity index is 1.56. The third-order valence-corrected chi connectivity index (χ3v) is 5.68. The number of carbonyl (C=O) groups is 1. The van der Waals surface area contributed by atoms with Crippen molar-refractivity contribution in [3.8, 4) is 11.4 Å². The SMILES string of the molecule is CC(C)c1ccc(-c2nnc(SCC(=O)NCc3ccc(Cl)cc3)n2C)cc1. The zero-order chi connectivity index (χ0) is 20.1. The smallest absolute Gasteiger partial charge is 0.230 e. The summed E-state index contributed by atoms with van der Waals surface area (Å²) >= 11 is 7.24. The summed E-state index contributed by atoms with van der Waals surface area (Å²) in [5.74, 6) is 1.52. The van der Waals surface area contributed by atoms with E-state index in [2.05, 4.69) is 53.6 Å². The third kappa shape index (κ3) is 5.14. The molecule has 1 heterocycles. The van der Waals surface area contributed by atoms with Crippen LogP contribution in [-0.4, -0.2) is 26.4 Å². The van der Waals surface area contributed by atoms with Gasteiger partial charge in [0.05, 0.1) is 5.75 Å². The lowest BCUT2D eigenvalue weighted by atomic mass is 10.0. The molecule has 0 saturated heterocycles. The molecule has 0 atom stereocenters. The van der Waals surface area contributed by atoms with Crippen LogP contribution in [-0.2, 0) is 18.4 Å². The quantitative estimate of drug-likeness (QED) is 0.571. The van der Waals surface area contributed by atoms with Gasteiger partial charge in [-0.25, -0.2) is 0 Å². The molecule has 3 aromatic rings. The molecule has 0 aliphatic carbocycles. The van der Waals surface area contributed by atoms with Gasteiger partial charge in [-0.1, -0.05) is 73.6 Å². The van der Waals surface area contributed by atoms with E-state index in [0.29, 0.717) is 22.6 Å². The molecule has 0 fully saturated rings. The minimum Gasteiger partial charge on any atom is -0.351 e. The van der Waals surface area contributed by atoms with Crippen molar-refractivity contribution >= 4 is 29.3 Å². The summed E-state index contributed by atoms with van der Waals surface area (Å²) in [5, 5.41) is 12.8. The van der Waals surface area contributed by atoms with E-state index in [4.69, 9.17) is 11.6 Å². The highest BCUT2D eigenvalue weighted by molar-refractivity contribution is 7.99. The van der Waals surface area contributed by atoms with E-state index in [1.807, 2.05) is 35.9 Å². The molecular formula is C21H23ClN4OS. The Bertz CT molecular complexity index is 936. The minimum atomic E-state index is -0.0502. The Morgan fingerprint density at radius 3 is 2.43 bits per heavy atom. The molecule has 146 valence electrons. The summed E-state index contributed by atoms with van der Waals surface area (Å²) in [6.07, 6.45) is 0. The van der Waals surface area contributed by atoms with Crippen molar-refractivity contribution in [1.82, 2.24) is 20.1 Å². The minimum absolute atomic E-state index is 0.0502. The van der Waals surface area contributed by atoms with Gasteiger partial charge in [-0.15, -0.1) is 10.2 Å². The maximum absolute atomic E-state index is 12.1. The van der Waals surface area contributed by atoms with Gasteiger partial charge >= 0.3 is 0 Å². The third-order valence-electron chi connectivity index (χ3n) is 4.41. The van der Waals surface area contributed by atoms with E-state index in [1.165, 1.54) is 17.3 Å². The standard InChI is InChI=1S/C21H23ClN4OS/c1-14(2)16-6-8-17(9-7-16)20-24-25-21(26(20)3)28-13-19(27)23-12-15-4-10-18(22)11-5-15/h4-11,14H,12-13H2,1-3H3,(H,23,27). The second-order valence-electron chi connectivity index (χ2n) is 6.83. The predicted molar refractivity (Wildman–Crippen MR) is 115 cm³/mol. The molecule has 0 radical (unpaired) electrons. The summed E-state index contributed by atoms with van der Waals surface area (Å²) in [4.78, 5) is 12.1. The number of amides is 1. The van der Waals surface area contributed by atoms with Gasteiger partial charge in [-0.2, -0.15) is 0 Å². The molecular weight excluding hydrogens is 392 g/mol. The number of thioether (sulfide) groups is 1. The maximum atomic E-state index is 12.1. The molecule has 3 rings (SSSR count). The van der Waals surface area contributed by atoms with Crippen molar-refractivity contribution < 1.29 is 4.79 Å². The number of nitrogens with zero attached hydrogens (tertiary/aromatic N) is 3. The van der Waals surface area contributed by atoms with Crippen LogP contribution in [0.4, 0.5) is 0 Å². The molecule has 5 nitrogen and oxygen atoms in total. The number of carbonyl (C=O) groups excluding carboxylic acids is 1. The van der Waals surface area contributed by atoms with Crippen LogP contribution in [0.1, 0.15) is 30.9 Å². The van der Waals surface area contributed by atoms with Gasteiger partial charge in [0.15, 0.2) is 11.0 Å². The Kier molecular flexibility index (Phi) is 6.75. The van der Waals surface area contributed by atoms with Crippen molar-refractivity contribution in [2.45, 2.75) is 31.5 Å². The van der Waals surface area contributed by atoms with E-state index in [0.717, 1.165) is 17.0 Å². The van der Waals surface area contributed by atoms with Crippen molar-refractivity contribution in [1.29, 1.82) is 0 Å². The second kappa shape index (κ2) is 9.26. The fraction of sp³-hybridized carbons (Fsp3) is 0.286. The molecule has 2 aromatic carbocycles. The van der Waals surface area contributed by atoms with Gasteiger partial charge in [0.2, 0.25) is 5.91 Å². The normalized spacial score (nSPS) is 11.0. The van der Waals surface area contributed by atoms with E-state index < -0.39 is 0 Å². The van der Waals surface area contributed by atoms with Crippen LogP contribution < -0.4 is 5.32 Å². The molecule has 7 heteroatoms. The number of rotatable bonds is 7. The zero-order valence-electron chi connectivity index (χ0n) is 16.1. The summed E-state index contributed by atoms with van der Waals surface area (Å²) in [6.45, 7) is 4.82. The van der Waals surface area contributed by atoms with Crippen molar-refractivity contribution in [2.24, 2.45) is 7.05 Å². The van der Waals surface area contributed by atoms with Crippen LogP contribution in [0.15, 0.2) is 53.7 Å². The first kappa shape index (κ1) is 20.4. The van der Waals surface area contributed by atoms with Gasteiger partial charge in [-0.3, -0.25) is 4.79 Å². The highest BCUT2D eigenvalue weighted by Gasteiger charge is 2.13. The highest BCUT2D eigenvalue weighted by atomic mass is 35.5. The molecule has 0 spiro atoms. The summed E-state index contributed by atoms with van der Waals surface area (Å²) in [6, 6.07) is 15.8. The fourth-order valence-electron chi connectivity index (χ4n) is 2.69. The van der Waals surface area contributed by atoms with E-state index in [9.17, 15) is 4.79 Å². The van der Waals surface area contributed by atoms with E-state index in [1.54, 1.807) is 0 Å². The fourth-order valence-corrected chi connectivity index (χ4v) is 3.56. The van der Waals surface area contributed by atoms with Crippen LogP contribution in [0.25, 0.3) is 11.4 Å². The average Bonchev–Trinajstić information content (AvgIpc) is 3.06. The molecule has 0 aliphatic heterocycles. The van der Waals surface area contributed by atoms with E-state index >= 15 is 0 Å². The lowest BCUT2D eigenvalue weighted by molar-refractivity contribution is -0.118. The first-order chi connectivity index (χ1) is 13.4. The number of benzene rings is 2. The Morgan fingerprint density at radius 2 is 1.79 bits per heavy atom. The monoisotopic (exact) mass is 414 g/mol. The summed E-state index contributed by atoms with van der Waals surface area (Å²) in [5.41, 5.74) is 3.31. The Hall–Kier alpha value is -2.31. The van der Waals surface area contributed by atoms with Crippen molar-refractivity contribution in [2.75, 3.05) is 5.75 Å². The first-order valence-electron chi connectivity index (χ1n) is 9.07. The van der Waals surface area contributed by atoms with Gasteiger partial charge in [0.1, 0.15) is 0 Å². The molecule has 1 aromatic heterocycles. The van der Waals surface area contributed by atoms with Gasteiger partial charge in [0.25, 0.3) is 0 Å². The lowest BCUT2D eigenvalue weighted by Gasteiger charge is -2.07. The number of aromatic nitrogens is 3. The van der Waals surface area contributed by atoms with Crippen molar-refractivity contribution in [3.05, 3.63) is 64.7 Å². The summed E-state index contributed by atoms with van der Waals surface area (Å²) < 4.78 is 1.92. The lowest BCUT2D eigenvalue weighted by Crippen LogP contribution is -2.24. The molecule has 0 aliphatic rings. The zero-order valence-corrected chi connectivity index (χ0v) is 17.7. The summed E-state index contributed by atoms with van der Waals surface area (Å²) in [7, 11) is 1.92. The first-order valence-corrected chi connectivity index (χ1v) is 10.4. The Morgan fingerprint density at radius 1 is 1.11 bits per heavy atom. The van der Waals surface area contributed by atoms with Crippen LogP contribution in [0.5, 0.6) is 0 Å². The van der Waals surface area contributed by atoms with Crippen LogP contribution >= 0.6 is 23.4 Å². The van der Waals surface area contributed by atoms with Gasteiger partial charge in [-0.05, 0) is 29.2 Å². The predicted octanol–water partition coefficient (Wildman–Crippen LogP) is 4.67. The van der Waals surface area contributed by atoms with E-state index in [-0.39, 0.29) is 11.7 Å². The molecule has 0 unspecified atom stereocenters. The maximum Gasteiger partial charge on any atom is 0.230 e. The van der Waals surface area contributed by atoms with Crippen LogP contribution in [0.2, 0.25) is 5.02 Å².